The monoisotopic (exact) mass is 328 g/mol. The first kappa shape index (κ1) is 17.8. The number of anilines is 1. The van der Waals surface area contributed by atoms with Gasteiger partial charge in [-0.15, -0.1) is 0 Å². The second-order valence-electron chi connectivity index (χ2n) is 5.77. The highest BCUT2D eigenvalue weighted by molar-refractivity contribution is 5.92. The number of aromatic nitrogens is 3. The second kappa shape index (κ2) is 8.93. The Labute approximate surface area is 142 Å². The van der Waals surface area contributed by atoms with Crippen molar-refractivity contribution in [3.05, 3.63) is 47.7 Å². The average molecular weight is 328 g/mol. The van der Waals surface area contributed by atoms with Crippen molar-refractivity contribution in [1.29, 1.82) is 0 Å². The number of nitrogens with one attached hydrogen (secondary N) is 2. The van der Waals surface area contributed by atoms with Gasteiger partial charge in [-0.25, -0.2) is 9.97 Å². The number of rotatable bonds is 8. The summed E-state index contributed by atoms with van der Waals surface area (Å²) in [6.45, 7) is 3.87. The van der Waals surface area contributed by atoms with Crippen LogP contribution in [0.5, 0.6) is 0 Å². The molecule has 0 bridgehead atoms. The van der Waals surface area contributed by atoms with Crippen LogP contribution in [-0.4, -0.2) is 52.9 Å². The summed E-state index contributed by atoms with van der Waals surface area (Å²) in [5, 5.41) is 6.07. The lowest BCUT2D eigenvalue weighted by atomic mass is 10.3. The van der Waals surface area contributed by atoms with Crippen molar-refractivity contribution in [3.63, 3.8) is 0 Å². The highest BCUT2D eigenvalue weighted by Crippen LogP contribution is 2.08. The van der Waals surface area contributed by atoms with Gasteiger partial charge in [0.2, 0.25) is 0 Å². The Balaban J connectivity index is 1.93. The molecule has 0 unspecified atom stereocenters. The van der Waals surface area contributed by atoms with E-state index in [4.69, 9.17) is 0 Å². The molecule has 0 aliphatic heterocycles. The van der Waals surface area contributed by atoms with Crippen LogP contribution in [0, 0.1) is 6.92 Å². The van der Waals surface area contributed by atoms with Gasteiger partial charge in [0.1, 0.15) is 17.3 Å². The molecule has 0 spiro atoms. The molecule has 0 saturated heterocycles. The maximum atomic E-state index is 12.2. The Hall–Kier alpha value is -2.54. The zero-order chi connectivity index (χ0) is 17.4. The number of aryl methyl sites for hydroxylation is 1. The Bertz CT molecular complexity index is 659. The average Bonchev–Trinajstić information content (AvgIpc) is 2.57. The Morgan fingerprint density at radius 3 is 2.79 bits per heavy atom. The molecule has 0 fully saturated rings. The number of carbonyl (C=O) groups excluding carboxylic acids is 1. The van der Waals surface area contributed by atoms with Gasteiger partial charge in [0.25, 0.3) is 5.91 Å². The molecular weight excluding hydrogens is 304 g/mol. The van der Waals surface area contributed by atoms with Crippen LogP contribution in [0.3, 0.4) is 0 Å². The molecule has 7 heteroatoms. The fourth-order valence-electron chi connectivity index (χ4n) is 2.15. The zero-order valence-electron chi connectivity index (χ0n) is 14.4. The number of hydrogen-bond donors (Lipinski definition) is 2. The largest absolute Gasteiger partial charge is 0.364 e. The van der Waals surface area contributed by atoms with Crippen molar-refractivity contribution < 1.29 is 4.79 Å². The van der Waals surface area contributed by atoms with Gasteiger partial charge in [-0.1, -0.05) is 6.07 Å². The van der Waals surface area contributed by atoms with Gasteiger partial charge >= 0.3 is 0 Å². The molecule has 2 heterocycles. The molecule has 0 saturated carbocycles. The molecule has 1 amide bonds. The number of nitrogens with zero attached hydrogens (tertiary/aromatic N) is 4. The Morgan fingerprint density at radius 2 is 2.08 bits per heavy atom. The van der Waals surface area contributed by atoms with Crippen molar-refractivity contribution in [2.45, 2.75) is 19.9 Å². The third-order valence-electron chi connectivity index (χ3n) is 3.32. The fraction of sp³-hybridized carbons (Fsp3) is 0.412. The molecule has 2 aromatic rings. The van der Waals surface area contributed by atoms with E-state index in [1.165, 1.54) is 0 Å². The fourth-order valence-corrected chi connectivity index (χ4v) is 2.15. The summed E-state index contributed by atoms with van der Waals surface area (Å²) >= 11 is 0. The Morgan fingerprint density at radius 1 is 1.25 bits per heavy atom. The highest BCUT2D eigenvalue weighted by atomic mass is 16.1. The van der Waals surface area contributed by atoms with Gasteiger partial charge in [-0.05, 0) is 46.1 Å². The highest BCUT2D eigenvalue weighted by Gasteiger charge is 2.10. The number of amides is 1. The van der Waals surface area contributed by atoms with Crippen LogP contribution in [0.2, 0.25) is 0 Å². The lowest BCUT2D eigenvalue weighted by molar-refractivity contribution is 0.0947. The minimum atomic E-state index is -0.180. The lowest BCUT2D eigenvalue weighted by Gasteiger charge is -2.11. The summed E-state index contributed by atoms with van der Waals surface area (Å²) in [6, 6.07) is 7.40. The van der Waals surface area contributed by atoms with E-state index in [2.05, 4.69) is 30.5 Å². The van der Waals surface area contributed by atoms with Crippen LogP contribution in [0.15, 0.2) is 30.5 Å². The summed E-state index contributed by atoms with van der Waals surface area (Å²) in [7, 11) is 4.02. The van der Waals surface area contributed by atoms with Crippen LogP contribution in [0.4, 0.5) is 5.82 Å². The first-order chi connectivity index (χ1) is 11.5. The first-order valence-corrected chi connectivity index (χ1v) is 7.97. The van der Waals surface area contributed by atoms with Crippen LogP contribution >= 0.6 is 0 Å². The molecule has 128 valence electrons. The molecule has 0 aliphatic carbocycles. The third-order valence-corrected chi connectivity index (χ3v) is 3.32. The molecule has 0 atom stereocenters. The van der Waals surface area contributed by atoms with Crippen molar-refractivity contribution >= 4 is 11.7 Å². The molecular formula is C17H24N6O. The maximum absolute atomic E-state index is 12.2. The summed E-state index contributed by atoms with van der Waals surface area (Å²) < 4.78 is 0. The van der Waals surface area contributed by atoms with E-state index >= 15 is 0 Å². The second-order valence-corrected chi connectivity index (χ2v) is 5.77. The molecule has 7 nitrogen and oxygen atoms in total. The van der Waals surface area contributed by atoms with Gasteiger partial charge in [0, 0.05) is 18.8 Å². The van der Waals surface area contributed by atoms with E-state index in [-0.39, 0.29) is 5.91 Å². The van der Waals surface area contributed by atoms with Gasteiger partial charge < -0.3 is 15.5 Å². The SMILES string of the molecule is Cc1nc(NCc2ccccn2)cc(C(=O)NCCCN(C)C)n1. The lowest BCUT2D eigenvalue weighted by Crippen LogP contribution is -2.28. The van der Waals surface area contributed by atoms with Gasteiger partial charge in [0.15, 0.2) is 0 Å². The predicted octanol–water partition coefficient (Wildman–Crippen LogP) is 1.47. The van der Waals surface area contributed by atoms with E-state index in [0.29, 0.717) is 30.4 Å². The molecule has 0 aromatic carbocycles. The quantitative estimate of drug-likeness (QED) is 0.714. The summed E-state index contributed by atoms with van der Waals surface area (Å²) in [6.07, 6.45) is 2.64. The maximum Gasteiger partial charge on any atom is 0.270 e. The smallest absolute Gasteiger partial charge is 0.270 e. The van der Waals surface area contributed by atoms with E-state index in [0.717, 1.165) is 18.7 Å². The number of pyridine rings is 1. The van der Waals surface area contributed by atoms with E-state index in [1.807, 2.05) is 32.3 Å². The predicted molar refractivity (Wildman–Crippen MR) is 93.8 cm³/mol. The van der Waals surface area contributed by atoms with Gasteiger partial charge in [0.05, 0.1) is 12.2 Å². The minimum Gasteiger partial charge on any atom is -0.364 e. The normalized spacial score (nSPS) is 10.7. The standard InChI is InChI=1S/C17H24N6O/c1-13-21-15(17(24)19-9-6-10-23(2)3)11-16(22-13)20-12-14-7-4-5-8-18-14/h4-5,7-8,11H,6,9-10,12H2,1-3H3,(H,19,24)(H,20,21,22). The Kier molecular flexibility index (Phi) is 6.62. The molecule has 0 radical (unpaired) electrons. The molecule has 2 rings (SSSR count). The van der Waals surface area contributed by atoms with Gasteiger partial charge in [-0.2, -0.15) is 0 Å². The summed E-state index contributed by atoms with van der Waals surface area (Å²) in [5.74, 6) is 0.992. The van der Waals surface area contributed by atoms with Gasteiger partial charge in [-0.3, -0.25) is 9.78 Å². The molecule has 24 heavy (non-hydrogen) atoms. The first-order valence-electron chi connectivity index (χ1n) is 7.97. The molecule has 2 N–H and O–H groups in total. The number of hydrogen-bond acceptors (Lipinski definition) is 6. The molecule has 0 aliphatic rings. The van der Waals surface area contributed by atoms with Crippen molar-refractivity contribution in [1.82, 2.24) is 25.2 Å². The molecule has 2 aromatic heterocycles. The van der Waals surface area contributed by atoms with E-state index < -0.39 is 0 Å². The van der Waals surface area contributed by atoms with E-state index in [9.17, 15) is 4.79 Å². The van der Waals surface area contributed by atoms with Crippen LogP contribution in [0.1, 0.15) is 28.4 Å². The third kappa shape index (κ3) is 5.92. The van der Waals surface area contributed by atoms with Crippen molar-refractivity contribution in [3.8, 4) is 0 Å². The summed E-state index contributed by atoms with van der Waals surface area (Å²) in [5.41, 5.74) is 1.28. The van der Waals surface area contributed by atoms with Crippen LogP contribution in [-0.2, 0) is 6.54 Å². The topological polar surface area (TPSA) is 83.0 Å². The van der Waals surface area contributed by atoms with Crippen LogP contribution < -0.4 is 10.6 Å². The minimum absolute atomic E-state index is 0.180. The van der Waals surface area contributed by atoms with Crippen molar-refractivity contribution in [2.24, 2.45) is 0 Å². The zero-order valence-corrected chi connectivity index (χ0v) is 14.4. The van der Waals surface area contributed by atoms with Crippen molar-refractivity contribution in [2.75, 3.05) is 32.5 Å². The van der Waals surface area contributed by atoms with Crippen LogP contribution in [0.25, 0.3) is 0 Å². The summed E-state index contributed by atoms with van der Waals surface area (Å²) in [4.78, 5) is 27.1. The number of carbonyl (C=O) groups is 1. The van der Waals surface area contributed by atoms with E-state index in [1.54, 1.807) is 19.2 Å².